The molecule has 264 valence electrons. The Morgan fingerprint density at radius 3 is 2.02 bits per heavy atom. The van der Waals surface area contributed by atoms with Crippen molar-refractivity contribution in [2.45, 2.75) is 96.5 Å². The largest absolute Gasteiger partial charge is 0.508 e. The highest BCUT2D eigenvalue weighted by atomic mass is 16.6. The molecule has 0 saturated carbocycles. The van der Waals surface area contributed by atoms with Crippen LogP contribution >= 0.6 is 0 Å². The molecule has 5 atom stereocenters. The maximum atomic E-state index is 13.5. The molecule has 16 nitrogen and oxygen atoms in total. The van der Waals surface area contributed by atoms with Crippen LogP contribution in [0.4, 0.5) is 4.79 Å². The molecule has 0 radical (unpaired) electrons. The molecule has 5 amide bonds. The SMILES string of the molecule is CC[C@H](C)[C@H](NC(=O)[C@H](Cc1ccc(O)cc1)NC(=O)OC(C)(C)C)C(=O)NCC(=O)N[C@@H](CO)C(=O)N[C@@H](CCCCN)C(=O)O. The van der Waals surface area contributed by atoms with Crippen LogP contribution in [0.15, 0.2) is 24.3 Å². The number of unbranched alkanes of at least 4 members (excludes halogenated alkanes) is 1. The molecule has 1 aromatic rings. The minimum atomic E-state index is -1.49. The predicted molar refractivity (Wildman–Crippen MR) is 171 cm³/mol. The van der Waals surface area contributed by atoms with Gasteiger partial charge in [-0.25, -0.2) is 9.59 Å². The van der Waals surface area contributed by atoms with E-state index in [1.807, 2.05) is 0 Å². The number of carbonyl (C=O) groups is 6. The predicted octanol–water partition coefficient (Wildman–Crippen LogP) is -0.349. The summed E-state index contributed by atoms with van der Waals surface area (Å²) in [5, 5.41) is 40.7. The van der Waals surface area contributed by atoms with Gasteiger partial charge in [0.25, 0.3) is 0 Å². The number of phenolic OH excluding ortho intramolecular Hbond substituents is 1. The maximum absolute atomic E-state index is 13.5. The molecule has 0 unspecified atom stereocenters. The third kappa shape index (κ3) is 15.6. The third-order valence-electron chi connectivity index (χ3n) is 7.00. The van der Waals surface area contributed by atoms with Crippen molar-refractivity contribution in [1.29, 1.82) is 0 Å². The molecule has 0 aliphatic rings. The van der Waals surface area contributed by atoms with Gasteiger partial charge in [-0.05, 0) is 70.2 Å². The first-order valence-electron chi connectivity index (χ1n) is 15.5. The Kier molecular flexibility index (Phi) is 17.2. The summed E-state index contributed by atoms with van der Waals surface area (Å²) in [5.41, 5.74) is 5.18. The van der Waals surface area contributed by atoms with Crippen molar-refractivity contribution >= 4 is 35.7 Å². The highest BCUT2D eigenvalue weighted by molar-refractivity contribution is 5.94. The average molecular weight is 667 g/mol. The molecule has 16 heteroatoms. The van der Waals surface area contributed by atoms with Gasteiger partial charge in [0.1, 0.15) is 35.5 Å². The molecule has 47 heavy (non-hydrogen) atoms. The number of aromatic hydroxyl groups is 1. The number of aliphatic carboxylic acids is 1. The molecule has 0 aromatic heterocycles. The first kappa shape index (κ1) is 40.6. The fourth-order valence-corrected chi connectivity index (χ4v) is 4.22. The first-order chi connectivity index (χ1) is 22.0. The molecule has 10 N–H and O–H groups in total. The quantitative estimate of drug-likeness (QED) is 0.0862. The fraction of sp³-hybridized carbons (Fsp3) is 0.613. The minimum Gasteiger partial charge on any atom is -0.508 e. The molecule has 0 spiro atoms. The smallest absolute Gasteiger partial charge is 0.408 e. The number of rotatable bonds is 19. The van der Waals surface area contributed by atoms with Crippen LogP contribution in [0.2, 0.25) is 0 Å². The van der Waals surface area contributed by atoms with E-state index >= 15 is 0 Å². The number of carboxylic acids is 1. The number of carboxylic acid groups (broad SMARTS) is 1. The topological polar surface area (TPSA) is 259 Å². The molecule has 0 aliphatic heterocycles. The number of ether oxygens (including phenoxy) is 1. The van der Waals surface area contributed by atoms with Gasteiger partial charge in [-0.2, -0.15) is 0 Å². The lowest BCUT2D eigenvalue weighted by Crippen LogP contribution is -2.58. The van der Waals surface area contributed by atoms with Gasteiger partial charge in [-0.15, -0.1) is 0 Å². The van der Waals surface area contributed by atoms with E-state index in [1.165, 1.54) is 12.1 Å². The average Bonchev–Trinajstić information content (AvgIpc) is 2.99. The summed E-state index contributed by atoms with van der Waals surface area (Å²) in [7, 11) is 0. The van der Waals surface area contributed by atoms with E-state index in [-0.39, 0.29) is 18.6 Å². The van der Waals surface area contributed by atoms with Crippen LogP contribution in [0.5, 0.6) is 5.75 Å². The van der Waals surface area contributed by atoms with E-state index in [9.17, 15) is 44.1 Å². The highest BCUT2D eigenvalue weighted by Gasteiger charge is 2.32. The van der Waals surface area contributed by atoms with Gasteiger partial charge in [0.05, 0.1) is 13.2 Å². The Labute approximate surface area is 274 Å². The zero-order valence-electron chi connectivity index (χ0n) is 27.6. The number of aliphatic hydroxyl groups excluding tert-OH is 1. The number of nitrogens with one attached hydrogen (secondary N) is 5. The van der Waals surface area contributed by atoms with Gasteiger partial charge in [-0.1, -0.05) is 32.4 Å². The number of carbonyl (C=O) groups excluding carboxylic acids is 5. The lowest BCUT2D eigenvalue weighted by atomic mass is 9.97. The van der Waals surface area contributed by atoms with E-state index in [0.717, 1.165) is 0 Å². The molecule has 0 fully saturated rings. The Bertz CT molecular complexity index is 1200. The summed E-state index contributed by atoms with van der Waals surface area (Å²) in [6.45, 7) is 7.37. The van der Waals surface area contributed by atoms with Crippen LogP contribution in [0, 0.1) is 5.92 Å². The van der Waals surface area contributed by atoms with Crippen LogP contribution in [0.1, 0.15) is 65.9 Å². The Hall–Kier alpha value is -4.44. The van der Waals surface area contributed by atoms with Gasteiger partial charge in [0.2, 0.25) is 23.6 Å². The summed E-state index contributed by atoms with van der Waals surface area (Å²) in [6, 6.07) is 0.966. The maximum Gasteiger partial charge on any atom is 0.408 e. The molecule has 0 bridgehead atoms. The molecule has 1 aromatic carbocycles. The van der Waals surface area contributed by atoms with Gasteiger partial charge in [0.15, 0.2) is 0 Å². The number of amides is 5. The zero-order chi connectivity index (χ0) is 35.7. The standard InChI is InChI=1S/C31H50N6O10/c1-6-18(2)25(37-26(41)22(36-30(46)47-31(3,4)5)15-19-10-12-20(39)13-11-19)28(43)33-16-24(40)34-23(17-38)27(42)35-21(29(44)45)9-7-8-14-32/h10-13,18,21-23,25,38-39H,6-9,14-17,32H2,1-5H3,(H,33,43)(H,34,40)(H,35,42)(H,36,46)(H,37,41)(H,44,45)/t18-,21-,22-,23-,25-/m0/s1. The summed E-state index contributed by atoms with van der Waals surface area (Å²) in [6.07, 6.45) is 0.699. The van der Waals surface area contributed by atoms with Crippen molar-refractivity contribution in [3.8, 4) is 5.75 Å². The van der Waals surface area contributed by atoms with Crippen molar-refractivity contribution in [3.05, 3.63) is 29.8 Å². The molecule has 0 saturated heterocycles. The monoisotopic (exact) mass is 666 g/mol. The summed E-state index contributed by atoms with van der Waals surface area (Å²) in [4.78, 5) is 75.9. The Morgan fingerprint density at radius 2 is 1.49 bits per heavy atom. The second-order valence-electron chi connectivity index (χ2n) is 12.1. The molecule has 1 rings (SSSR count). The number of benzene rings is 1. The van der Waals surface area contributed by atoms with Gasteiger partial charge < -0.3 is 52.4 Å². The lowest BCUT2D eigenvalue weighted by Gasteiger charge is -2.27. The normalized spacial score (nSPS) is 14.4. The van der Waals surface area contributed by atoms with E-state index in [1.54, 1.807) is 46.8 Å². The highest BCUT2D eigenvalue weighted by Crippen LogP contribution is 2.14. The lowest BCUT2D eigenvalue weighted by molar-refractivity contribution is -0.142. The first-order valence-corrected chi connectivity index (χ1v) is 15.5. The number of hydrogen-bond donors (Lipinski definition) is 9. The van der Waals surface area contributed by atoms with Crippen molar-refractivity contribution in [1.82, 2.24) is 26.6 Å². The molecule has 0 heterocycles. The van der Waals surface area contributed by atoms with E-state index in [2.05, 4.69) is 26.6 Å². The molecular formula is C31H50N6O10. The van der Waals surface area contributed by atoms with Crippen molar-refractivity contribution in [2.24, 2.45) is 11.7 Å². The number of phenols is 1. The van der Waals surface area contributed by atoms with Gasteiger partial charge in [0, 0.05) is 6.42 Å². The van der Waals surface area contributed by atoms with Crippen molar-refractivity contribution < 1.29 is 48.8 Å². The van der Waals surface area contributed by atoms with Crippen LogP contribution in [0.3, 0.4) is 0 Å². The van der Waals surface area contributed by atoms with Crippen LogP contribution < -0.4 is 32.3 Å². The van der Waals surface area contributed by atoms with Gasteiger partial charge in [-0.3, -0.25) is 19.2 Å². The number of aliphatic hydroxyl groups is 1. The van der Waals surface area contributed by atoms with Crippen molar-refractivity contribution in [2.75, 3.05) is 19.7 Å². The van der Waals surface area contributed by atoms with Crippen LogP contribution in [-0.4, -0.2) is 100 Å². The fourth-order valence-electron chi connectivity index (χ4n) is 4.22. The molecular weight excluding hydrogens is 616 g/mol. The summed E-state index contributed by atoms with van der Waals surface area (Å²) < 4.78 is 5.30. The summed E-state index contributed by atoms with van der Waals surface area (Å²) in [5.74, 6) is -4.88. The van der Waals surface area contributed by atoms with Crippen LogP contribution in [-0.2, 0) is 35.1 Å². The Morgan fingerprint density at radius 1 is 0.872 bits per heavy atom. The van der Waals surface area contributed by atoms with Gasteiger partial charge >= 0.3 is 12.1 Å². The Balaban J connectivity index is 2.96. The van der Waals surface area contributed by atoms with E-state index in [4.69, 9.17) is 10.5 Å². The number of alkyl carbamates (subject to hydrolysis) is 1. The number of hydrogen-bond acceptors (Lipinski definition) is 10. The summed E-state index contributed by atoms with van der Waals surface area (Å²) >= 11 is 0. The third-order valence-corrected chi connectivity index (χ3v) is 7.00. The van der Waals surface area contributed by atoms with Crippen LogP contribution in [0.25, 0.3) is 0 Å². The zero-order valence-corrected chi connectivity index (χ0v) is 27.6. The second kappa shape index (κ2) is 19.9. The molecule has 0 aliphatic carbocycles. The van der Waals surface area contributed by atoms with Crippen molar-refractivity contribution in [3.63, 3.8) is 0 Å². The second-order valence-corrected chi connectivity index (χ2v) is 12.1. The van der Waals surface area contributed by atoms with E-state index < -0.39 is 84.5 Å². The van der Waals surface area contributed by atoms with E-state index in [0.29, 0.717) is 31.4 Å². The number of nitrogens with two attached hydrogens (primary N) is 1. The minimum absolute atomic E-state index is 0.00295.